The third-order valence-electron chi connectivity index (χ3n) is 6.12. The highest BCUT2D eigenvalue weighted by Crippen LogP contribution is 2.26. The molecule has 0 atom stereocenters. The van der Waals surface area contributed by atoms with Crippen LogP contribution < -0.4 is 5.56 Å². The number of ether oxygens (including phenoxy) is 1. The molecule has 0 spiro atoms. The lowest BCUT2D eigenvalue weighted by molar-refractivity contribution is 0.0187. The van der Waals surface area contributed by atoms with Gasteiger partial charge in [0.2, 0.25) is 0 Å². The summed E-state index contributed by atoms with van der Waals surface area (Å²) < 4.78 is 23.2. The fourth-order valence-electron chi connectivity index (χ4n) is 4.47. The van der Waals surface area contributed by atoms with E-state index in [0.29, 0.717) is 53.6 Å². The van der Waals surface area contributed by atoms with Crippen LogP contribution in [-0.4, -0.2) is 54.0 Å². The average Bonchev–Trinajstić information content (AvgIpc) is 3.19. The van der Waals surface area contributed by atoms with E-state index in [2.05, 4.69) is 15.1 Å². The second-order valence-electron chi connectivity index (χ2n) is 9.92. The summed E-state index contributed by atoms with van der Waals surface area (Å²) in [6, 6.07) is 4.89. The van der Waals surface area contributed by atoms with Crippen molar-refractivity contribution in [1.29, 1.82) is 0 Å². The molecule has 5 rings (SSSR count). The van der Waals surface area contributed by atoms with Crippen LogP contribution >= 0.6 is 0 Å². The Bertz CT molecular complexity index is 1500. The first-order chi connectivity index (χ1) is 16.6. The second-order valence-corrected chi connectivity index (χ2v) is 9.92. The van der Waals surface area contributed by atoms with Gasteiger partial charge in [-0.05, 0) is 51.8 Å². The van der Waals surface area contributed by atoms with Gasteiger partial charge in [0.1, 0.15) is 11.1 Å². The van der Waals surface area contributed by atoms with E-state index in [1.807, 2.05) is 20.8 Å². The third kappa shape index (κ3) is 4.48. The Kier molecular flexibility index (Phi) is 5.53. The normalized spacial score (nSPS) is 15.2. The maximum absolute atomic E-state index is 14.5. The van der Waals surface area contributed by atoms with Gasteiger partial charge in [0.15, 0.2) is 11.6 Å². The number of amides is 1. The molecular weight excluding hydrogens is 451 g/mol. The van der Waals surface area contributed by atoms with Crippen LogP contribution in [0.15, 0.2) is 41.6 Å². The third-order valence-corrected chi connectivity index (χ3v) is 6.12. The predicted octanol–water partition coefficient (Wildman–Crippen LogP) is 4.06. The van der Waals surface area contributed by atoms with Crippen LogP contribution in [0.5, 0.6) is 0 Å². The Hall–Kier alpha value is -3.82. The highest BCUT2D eigenvalue weighted by molar-refractivity contribution is 5.85. The molecule has 0 aliphatic carbocycles. The number of hydrogen-bond acceptors (Lipinski definition) is 6. The number of hydrogen-bond donors (Lipinski definition) is 0. The van der Waals surface area contributed by atoms with Crippen LogP contribution in [0.4, 0.5) is 9.18 Å². The zero-order valence-corrected chi connectivity index (χ0v) is 20.2. The SMILES string of the molecule is Cn1cc2cc(-c3ncc4c(=O)n(C5CCN(C(=O)OC(C)(C)C)CC5)ccc4n3)cc(F)c2n1. The quantitative estimate of drug-likeness (QED) is 0.431. The maximum Gasteiger partial charge on any atom is 0.410 e. The maximum atomic E-state index is 14.5. The molecule has 35 heavy (non-hydrogen) atoms. The number of aryl methyl sites for hydroxylation is 1. The number of aromatic nitrogens is 5. The number of likely N-dealkylation sites (tertiary alicyclic amines) is 1. The molecule has 9 nitrogen and oxygen atoms in total. The summed E-state index contributed by atoms with van der Waals surface area (Å²) in [7, 11) is 1.73. The Morgan fingerprint density at radius 2 is 1.94 bits per heavy atom. The number of halogens is 1. The lowest BCUT2D eigenvalue weighted by Crippen LogP contribution is -2.43. The molecule has 0 bridgehead atoms. The van der Waals surface area contributed by atoms with E-state index >= 15 is 0 Å². The van der Waals surface area contributed by atoms with Gasteiger partial charge in [-0.25, -0.2) is 19.2 Å². The van der Waals surface area contributed by atoms with Gasteiger partial charge in [0.25, 0.3) is 5.56 Å². The molecule has 0 radical (unpaired) electrons. The van der Waals surface area contributed by atoms with Crippen molar-refractivity contribution < 1.29 is 13.9 Å². The first-order valence-corrected chi connectivity index (χ1v) is 11.6. The van der Waals surface area contributed by atoms with Crippen molar-refractivity contribution in [2.45, 2.75) is 45.3 Å². The number of benzene rings is 1. The van der Waals surface area contributed by atoms with Crippen LogP contribution in [0.3, 0.4) is 0 Å². The zero-order valence-electron chi connectivity index (χ0n) is 20.2. The molecule has 1 amide bonds. The minimum absolute atomic E-state index is 0.0349. The minimum Gasteiger partial charge on any atom is -0.444 e. The van der Waals surface area contributed by atoms with Gasteiger partial charge in [-0.1, -0.05) is 0 Å². The fourth-order valence-corrected chi connectivity index (χ4v) is 4.47. The number of rotatable bonds is 2. The highest BCUT2D eigenvalue weighted by atomic mass is 19.1. The molecule has 0 saturated carbocycles. The number of nitrogens with zero attached hydrogens (tertiary/aromatic N) is 6. The van der Waals surface area contributed by atoms with Crippen molar-refractivity contribution in [2.75, 3.05) is 13.1 Å². The topological polar surface area (TPSA) is 95.1 Å². The number of pyridine rings is 1. The van der Waals surface area contributed by atoms with Gasteiger partial charge in [-0.2, -0.15) is 5.10 Å². The smallest absolute Gasteiger partial charge is 0.410 e. The van der Waals surface area contributed by atoms with Crippen LogP contribution in [0.1, 0.15) is 39.7 Å². The molecule has 1 saturated heterocycles. The molecule has 3 aromatic heterocycles. The van der Waals surface area contributed by atoms with Gasteiger partial charge in [0, 0.05) is 55.7 Å². The van der Waals surface area contributed by atoms with Gasteiger partial charge in [-0.3, -0.25) is 9.48 Å². The van der Waals surface area contributed by atoms with Gasteiger partial charge >= 0.3 is 6.09 Å². The summed E-state index contributed by atoms with van der Waals surface area (Å²) in [5.41, 5.74) is 0.575. The molecule has 182 valence electrons. The number of fused-ring (bicyclic) bond motifs is 2. The largest absolute Gasteiger partial charge is 0.444 e. The molecule has 4 aromatic rings. The van der Waals surface area contributed by atoms with E-state index in [9.17, 15) is 14.0 Å². The first kappa shape index (κ1) is 22.9. The minimum atomic E-state index is -0.544. The van der Waals surface area contributed by atoms with Gasteiger partial charge in [-0.15, -0.1) is 0 Å². The zero-order chi connectivity index (χ0) is 24.9. The van der Waals surface area contributed by atoms with E-state index in [1.54, 1.807) is 45.7 Å². The summed E-state index contributed by atoms with van der Waals surface area (Å²) in [5.74, 6) is -0.111. The van der Waals surface area contributed by atoms with E-state index in [1.165, 1.54) is 12.3 Å². The van der Waals surface area contributed by atoms with Crippen molar-refractivity contribution in [3.63, 3.8) is 0 Å². The summed E-state index contributed by atoms with van der Waals surface area (Å²) in [6.07, 6.45) is 5.93. The van der Waals surface area contributed by atoms with Crippen molar-refractivity contribution in [2.24, 2.45) is 7.05 Å². The van der Waals surface area contributed by atoms with Crippen molar-refractivity contribution in [3.8, 4) is 11.4 Å². The van der Waals surface area contributed by atoms with E-state index in [-0.39, 0.29) is 23.2 Å². The van der Waals surface area contributed by atoms with Crippen LogP contribution in [0.25, 0.3) is 33.2 Å². The van der Waals surface area contributed by atoms with Crippen molar-refractivity contribution in [1.82, 2.24) is 29.2 Å². The van der Waals surface area contributed by atoms with E-state index < -0.39 is 11.4 Å². The van der Waals surface area contributed by atoms with Gasteiger partial charge < -0.3 is 14.2 Å². The van der Waals surface area contributed by atoms with E-state index in [4.69, 9.17) is 4.74 Å². The molecule has 1 aliphatic heterocycles. The molecule has 10 heteroatoms. The molecule has 4 heterocycles. The Morgan fingerprint density at radius 1 is 1.20 bits per heavy atom. The molecule has 0 unspecified atom stereocenters. The summed E-state index contributed by atoms with van der Waals surface area (Å²) >= 11 is 0. The molecule has 1 aromatic carbocycles. The Balaban J connectivity index is 1.39. The fraction of sp³-hybridized carbons (Fsp3) is 0.400. The number of carbonyl (C=O) groups is 1. The predicted molar refractivity (Wildman–Crippen MR) is 130 cm³/mol. The standard InChI is InChI=1S/C25H27FN6O3/c1-25(2,3)35-24(34)31-8-5-17(6-9-31)32-10-7-20-18(23(32)33)13-27-22(28-20)15-11-16-14-30(4)29-21(16)19(26)12-15/h7,10-14,17H,5-6,8-9H2,1-4H3. The monoisotopic (exact) mass is 478 g/mol. The second kappa shape index (κ2) is 8.44. The molecular formula is C25H27FN6O3. The van der Waals surface area contributed by atoms with Crippen molar-refractivity contribution in [3.05, 3.63) is 53.0 Å². The summed E-state index contributed by atoms with van der Waals surface area (Å²) in [5, 5.41) is 5.17. The van der Waals surface area contributed by atoms with Crippen LogP contribution in [-0.2, 0) is 11.8 Å². The van der Waals surface area contributed by atoms with E-state index in [0.717, 1.165) is 0 Å². The van der Waals surface area contributed by atoms with Crippen LogP contribution in [0, 0.1) is 5.82 Å². The average molecular weight is 479 g/mol. The first-order valence-electron chi connectivity index (χ1n) is 11.6. The van der Waals surface area contributed by atoms with Crippen LogP contribution in [0.2, 0.25) is 0 Å². The summed E-state index contributed by atoms with van der Waals surface area (Å²) in [4.78, 5) is 36.1. The Morgan fingerprint density at radius 3 is 2.66 bits per heavy atom. The Labute approximate surface area is 201 Å². The molecule has 1 fully saturated rings. The lowest BCUT2D eigenvalue weighted by atomic mass is 10.0. The summed E-state index contributed by atoms with van der Waals surface area (Å²) in [6.45, 7) is 6.55. The molecule has 0 N–H and O–H groups in total. The van der Waals surface area contributed by atoms with Gasteiger partial charge in [0.05, 0.1) is 10.9 Å². The molecule has 1 aliphatic rings. The number of carbonyl (C=O) groups excluding carboxylic acids is 1. The number of piperidine rings is 1. The highest BCUT2D eigenvalue weighted by Gasteiger charge is 2.28. The lowest BCUT2D eigenvalue weighted by Gasteiger charge is -2.34. The van der Waals surface area contributed by atoms with Crippen molar-refractivity contribution >= 4 is 27.9 Å².